The van der Waals surface area contributed by atoms with Crippen LogP contribution in [-0.4, -0.2) is 30.3 Å². The third-order valence-electron chi connectivity index (χ3n) is 4.29. The molecule has 20 heavy (non-hydrogen) atoms. The lowest BCUT2D eigenvalue weighted by atomic mass is 10.1. The second-order valence-corrected chi connectivity index (χ2v) is 5.81. The van der Waals surface area contributed by atoms with Crippen molar-refractivity contribution >= 4 is 5.78 Å². The van der Waals surface area contributed by atoms with E-state index < -0.39 is 0 Å². The van der Waals surface area contributed by atoms with Gasteiger partial charge in [-0.05, 0) is 32.0 Å². The summed E-state index contributed by atoms with van der Waals surface area (Å²) in [5.74, 6) is -0.307. The van der Waals surface area contributed by atoms with Crippen molar-refractivity contribution in [3.05, 3.63) is 35.6 Å². The summed E-state index contributed by atoms with van der Waals surface area (Å²) in [4.78, 5) is 14.4. The first kappa shape index (κ1) is 15.2. The van der Waals surface area contributed by atoms with E-state index in [1.54, 1.807) is 12.1 Å². The van der Waals surface area contributed by atoms with Crippen LogP contribution in [0.5, 0.6) is 0 Å². The number of hydrogen-bond donors (Lipinski definition) is 0. The Hall–Kier alpha value is -1.22. The second-order valence-electron chi connectivity index (χ2n) is 5.81. The standard InChI is InChI=1S/C17H24FNO/c1-19(16-9-4-2-3-5-10-16)12-11-17(20)14-7-6-8-15(18)13-14/h6-8,13,16H,2-5,9-12H2,1H3. The van der Waals surface area contributed by atoms with Crippen molar-refractivity contribution in [2.75, 3.05) is 13.6 Å². The fourth-order valence-corrected chi connectivity index (χ4v) is 2.97. The van der Waals surface area contributed by atoms with Crippen molar-refractivity contribution in [1.29, 1.82) is 0 Å². The summed E-state index contributed by atoms with van der Waals surface area (Å²) in [7, 11) is 2.11. The van der Waals surface area contributed by atoms with Gasteiger partial charge in [0, 0.05) is 24.6 Å². The molecule has 0 unspecified atom stereocenters. The van der Waals surface area contributed by atoms with Gasteiger partial charge in [-0.2, -0.15) is 0 Å². The molecule has 1 fully saturated rings. The van der Waals surface area contributed by atoms with Gasteiger partial charge in [-0.25, -0.2) is 4.39 Å². The minimum Gasteiger partial charge on any atom is -0.303 e. The van der Waals surface area contributed by atoms with E-state index in [4.69, 9.17) is 0 Å². The molecule has 0 atom stereocenters. The monoisotopic (exact) mass is 277 g/mol. The van der Waals surface area contributed by atoms with Gasteiger partial charge in [0.15, 0.2) is 5.78 Å². The Bertz CT molecular complexity index is 438. The smallest absolute Gasteiger partial charge is 0.164 e. The number of hydrogen-bond acceptors (Lipinski definition) is 2. The van der Waals surface area contributed by atoms with Gasteiger partial charge in [0.1, 0.15) is 5.82 Å². The number of ketones is 1. The highest BCUT2D eigenvalue weighted by Crippen LogP contribution is 2.21. The lowest BCUT2D eigenvalue weighted by Gasteiger charge is -2.26. The average Bonchev–Trinajstić information content (AvgIpc) is 2.73. The molecule has 0 bridgehead atoms. The van der Waals surface area contributed by atoms with E-state index in [0.717, 1.165) is 6.54 Å². The van der Waals surface area contributed by atoms with Gasteiger partial charge < -0.3 is 4.90 Å². The van der Waals surface area contributed by atoms with E-state index in [9.17, 15) is 9.18 Å². The van der Waals surface area contributed by atoms with Crippen LogP contribution in [0.1, 0.15) is 55.3 Å². The number of rotatable bonds is 5. The van der Waals surface area contributed by atoms with E-state index in [1.165, 1.54) is 50.7 Å². The van der Waals surface area contributed by atoms with Crippen LogP contribution in [0, 0.1) is 5.82 Å². The van der Waals surface area contributed by atoms with Crippen LogP contribution in [0.2, 0.25) is 0 Å². The van der Waals surface area contributed by atoms with Crippen molar-refractivity contribution in [3.8, 4) is 0 Å². The molecule has 0 aliphatic heterocycles. The molecule has 0 spiro atoms. The predicted molar refractivity (Wildman–Crippen MR) is 79.5 cm³/mol. The van der Waals surface area contributed by atoms with Gasteiger partial charge in [-0.15, -0.1) is 0 Å². The van der Waals surface area contributed by atoms with Gasteiger partial charge in [0.25, 0.3) is 0 Å². The van der Waals surface area contributed by atoms with E-state index in [-0.39, 0.29) is 11.6 Å². The normalized spacial score (nSPS) is 17.1. The predicted octanol–water partition coefficient (Wildman–Crippen LogP) is 4.05. The first-order chi connectivity index (χ1) is 9.66. The van der Waals surface area contributed by atoms with Gasteiger partial charge in [0.05, 0.1) is 0 Å². The van der Waals surface area contributed by atoms with Crippen molar-refractivity contribution < 1.29 is 9.18 Å². The number of carbonyl (C=O) groups excluding carboxylic acids is 1. The molecule has 2 nitrogen and oxygen atoms in total. The molecule has 1 aromatic carbocycles. The topological polar surface area (TPSA) is 20.3 Å². The van der Waals surface area contributed by atoms with Crippen LogP contribution in [0.25, 0.3) is 0 Å². The third kappa shape index (κ3) is 4.41. The molecule has 0 amide bonds. The first-order valence-corrected chi connectivity index (χ1v) is 7.66. The summed E-state index contributed by atoms with van der Waals surface area (Å²) in [6.07, 6.45) is 8.23. The van der Waals surface area contributed by atoms with Crippen molar-refractivity contribution in [1.82, 2.24) is 4.90 Å². The molecule has 0 heterocycles. The van der Waals surface area contributed by atoms with E-state index in [0.29, 0.717) is 18.0 Å². The van der Waals surface area contributed by atoms with E-state index in [1.807, 2.05) is 0 Å². The van der Waals surface area contributed by atoms with Crippen molar-refractivity contribution in [2.45, 2.75) is 51.0 Å². The molecule has 110 valence electrons. The molecule has 1 saturated carbocycles. The van der Waals surface area contributed by atoms with Gasteiger partial charge >= 0.3 is 0 Å². The number of nitrogens with zero attached hydrogens (tertiary/aromatic N) is 1. The summed E-state index contributed by atoms with van der Waals surface area (Å²) in [6.45, 7) is 0.764. The lowest BCUT2D eigenvalue weighted by molar-refractivity contribution is 0.0957. The zero-order valence-corrected chi connectivity index (χ0v) is 12.3. The van der Waals surface area contributed by atoms with Crippen LogP contribution in [0.4, 0.5) is 4.39 Å². The summed E-state index contributed by atoms with van der Waals surface area (Å²) in [5.41, 5.74) is 0.485. The SMILES string of the molecule is CN(CCC(=O)c1cccc(F)c1)C1CCCCCC1. The zero-order chi connectivity index (χ0) is 14.4. The molecule has 0 saturated heterocycles. The molecule has 1 aromatic rings. The highest BCUT2D eigenvalue weighted by atomic mass is 19.1. The lowest BCUT2D eigenvalue weighted by Crippen LogP contribution is -2.33. The zero-order valence-electron chi connectivity index (χ0n) is 12.3. The molecule has 2 rings (SSSR count). The molecule has 1 aliphatic carbocycles. The Morgan fingerprint density at radius 1 is 1.25 bits per heavy atom. The van der Waals surface area contributed by atoms with Gasteiger partial charge in [-0.3, -0.25) is 4.79 Å². The first-order valence-electron chi connectivity index (χ1n) is 7.66. The fourth-order valence-electron chi connectivity index (χ4n) is 2.97. The minimum atomic E-state index is -0.340. The number of Topliss-reactive ketones (excluding diaryl/α,β-unsaturated/α-hetero) is 1. The quantitative estimate of drug-likeness (QED) is 0.597. The molecular weight excluding hydrogens is 253 g/mol. The van der Waals surface area contributed by atoms with Crippen LogP contribution < -0.4 is 0 Å². The van der Waals surface area contributed by atoms with Crippen LogP contribution in [0.15, 0.2) is 24.3 Å². The Kier molecular flexibility index (Phi) is 5.72. The number of halogens is 1. The molecule has 0 N–H and O–H groups in total. The maximum Gasteiger partial charge on any atom is 0.164 e. The number of carbonyl (C=O) groups is 1. The molecular formula is C17H24FNO. The maximum atomic E-state index is 13.1. The number of benzene rings is 1. The van der Waals surface area contributed by atoms with Gasteiger partial charge in [-0.1, -0.05) is 37.8 Å². The molecule has 3 heteroatoms. The van der Waals surface area contributed by atoms with E-state index in [2.05, 4.69) is 11.9 Å². The van der Waals surface area contributed by atoms with Crippen LogP contribution >= 0.6 is 0 Å². The Balaban J connectivity index is 1.83. The Morgan fingerprint density at radius 2 is 1.95 bits per heavy atom. The Morgan fingerprint density at radius 3 is 2.60 bits per heavy atom. The summed E-state index contributed by atoms with van der Waals surface area (Å²) >= 11 is 0. The summed E-state index contributed by atoms with van der Waals surface area (Å²) < 4.78 is 13.1. The summed E-state index contributed by atoms with van der Waals surface area (Å²) in [5, 5.41) is 0. The third-order valence-corrected chi connectivity index (χ3v) is 4.29. The summed E-state index contributed by atoms with van der Waals surface area (Å²) in [6, 6.07) is 6.59. The molecule has 1 aliphatic rings. The fraction of sp³-hybridized carbons (Fsp3) is 0.588. The maximum absolute atomic E-state index is 13.1. The molecule has 0 aromatic heterocycles. The van der Waals surface area contributed by atoms with Crippen LogP contribution in [0.3, 0.4) is 0 Å². The van der Waals surface area contributed by atoms with Crippen LogP contribution in [-0.2, 0) is 0 Å². The van der Waals surface area contributed by atoms with E-state index >= 15 is 0 Å². The highest BCUT2D eigenvalue weighted by Gasteiger charge is 2.17. The highest BCUT2D eigenvalue weighted by molar-refractivity contribution is 5.96. The van der Waals surface area contributed by atoms with Gasteiger partial charge in [0.2, 0.25) is 0 Å². The average molecular weight is 277 g/mol. The Labute approximate surface area is 121 Å². The molecule has 0 radical (unpaired) electrons. The van der Waals surface area contributed by atoms with Crippen molar-refractivity contribution in [2.24, 2.45) is 0 Å². The minimum absolute atomic E-state index is 0.0324. The second kappa shape index (κ2) is 7.53. The largest absolute Gasteiger partial charge is 0.303 e. The van der Waals surface area contributed by atoms with Crippen molar-refractivity contribution in [3.63, 3.8) is 0 Å².